The first-order chi connectivity index (χ1) is 9.63. The van der Waals surface area contributed by atoms with Crippen LogP contribution in [0, 0.1) is 0 Å². The van der Waals surface area contributed by atoms with Crippen molar-refractivity contribution in [3.05, 3.63) is 59.7 Å². The minimum atomic E-state index is -0.972. The average Bonchev–Trinajstić information content (AvgIpc) is 2.46. The van der Waals surface area contributed by atoms with Crippen LogP contribution in [0.15, 0.2) is 48.5 Å². The molecule has 1 atom stereocenters. The molecule has 0 saturated heterocycles. The Balaban J connectivity index is 2.32. The molecule has 2 aromatic carbocycles. The van der Waals surface area contributed by atoms with Gasteiger partial charge >= 0.3 is 5.97 Å². The molecule has 4 nitrogen and oxygen atoms in total. The summed E-state index contributed by atoms with van der Waals surface area (Å²) >= 11 is 0. The van der Waals surface area contributed by atoms with Gasteiger partial charge in [0.25, 0.3) is 0 Å². The fraction of sp³-hybridized carbons (Fsp3) is 0.188. The first-order valence-corrected chi connectivity index (χ1v) is 6.50. The highest BCUT2D eigenvalue weighted by molar-refractivity contribution is 5.94. The zero-order chi connectivity index (χ0) is 14.5. The Morgan fingerprint density at radius 2 is 1.80 bits per heavy atom. The highest BCUT2D eigenvalue weighted by atomic mass is 16.4. The van der Waals surface area contributed by atoms with Gasteiger partial charge < -0.3 is 15.5 Å². The predicted molar refractivity (Wildman–Crippen MR) is 78.2 cm³/mol. The van der Waals surface area contributed by atoms with Gasteiger partial charge in [0.2, 0.25) is 0 Å². The van der Waals surface area contributed by atoms with Crippen molar-refractivity contribution in [3.63, 3.8) is 0 Å². The summed E-state index contributed by atoms with van der Waals surface area (Å²) in [5, 5.41) is 22.3. The molecule has 0 saturated carbocycles. The lowest BCUT2D eigenvalue weighted by Gasteiger charge is -2.20. The number of nitrogens with one attached hydrogen (secondary N) is 1. The number of aromatic hydroxyl groups is 1. The van der Waals surface area contributed by atoms with Crippen LogP contribution < -0.4 is 5.32 Å². The van der Waals surface area contributed by atoms with Crippen molar-refractivity contribution in [3.8, 4) is 5.75 Å². The number of anilines is 1. The van der Waals surface area contributed by atoms with Gasteiger partial charge in [0.05, 0.1) is 11.6 Å². The van der Waals surface area contributed by atoms with E-state index in [1.807, 2.05) is 19.1 Å². The second kappa shape index (κ2) is 6.10. The zero-order valence-electron chi connectivity index (χ0n) is 11.2. The van der Waals surface area contributed by atoms with Crippen molar-refractivity contribution >= 4 is 11.7 Å². The Labute approximate surface area is 117 Å². The number of para-hydroxylation sites is 2. The number of phenols is 1. The monoisotopic (exact) mass is 271 g/mol. The predicted octanol–water partition coefficient (Wildman–Crippen LogP) is 3.65. The maximum Gasteiger partial charge on any atom is 0.337 e. The molecule has 0 bridgehead atoms. The Bertz CT molecular complexity index is 610. The Hall–Kier alpha value is -2.49. The van der Waals surface area contributed by atoms with Crippen molar-refractivity contribution in [2.75, 3.05) is 5.32 Å². The molecule has 2 aromatic rings. The van der Waals surface area contributed by atoms with Gasteiger partial charge in [-0.1, -0.05) is 37.3 Å². The highest BCUT2D eigenvalue weighted by Gasteiger charge is 2.16. The number of rotatable bonds is 5. The second-order valence-corrected chi connectivity index (χ2v) is 4.51. The van der Waals surface area contributed by atoms with Crippen molar-refractivity contribution in [2.45, 2.75) is 19.4 Å². The SMILES string of the molecule is CCC(Nc1ccccc1C(=O)O)c1ccccc1O. The third kappa shape index (κ3) is 2.91. The third-order valence-corrected chi connectivity index (χ3v) is 3.21. The highest BCUT2D eigenvalue weighted by Crippen LogP contribution is 2.30. The van der Waals surface area contributed by atoms with E-state index in [4.69, 9.17) is 0 Å². The molecule has 104 valence electrons. The first kappa shape index (κ1) is 13.9. The average molecular weight is 271 g/mol. The van der Waals surface area contributed by atoms with Crippen LogP contribution >= 0.6 is 0 Å². The van der Waals surface area contributed by atoms with Crippen LogP contribution in [0.4, 0.5) is 5.69 Å². The van der Waals surface area contributed by atoms with E-state index in [-0.39, 0.29) is 17.4 Å². The molecule has 0 amide bonds. The van der Waals surface area contributed by atoms with Crippen LogP contribution in [0.25, 0.3) is 0 Å². The van der Waals surface area contributed by atoms with Crippen LogP contribution in [0.2, 0.25) is 0 Å². The topological polar surface area (TPSA) is 69.6 Å². The molecule has 0 spiro atoms. The fourth-order valence-electron chi connectivity index (χ4n) is 2.17. The van der Waals surface area contributed by atoms with Crippen molar-refractivity contribution in [1.29, 1.82) is 0 Å². The van der Waals surface area contributed by atoms with E-state index in [1.54, 1.807) is 36.4 Å². The summed E-state index contributed by atoms with van der Waals surface area (Å²) in [6.07, 6.45) is 0.728. The van der Waals surface area contributed by atoms with E-state index >= 15 is 0 Å². The molecule has 0 aliphatic rings. The van der Waals surface area contributed by atoms with Crippen molar-refractivity contribution in [1.82, 2.24) is 0 Å². The van der Waals surface area contributed by atoms with E-state index in [2.05, 4.69) is 5.32 Å². The summed E-state index contributed by atoms with van der Waals surface area (Å²) < 4.78 is 0. The number of carboxylic acid groups (broad SMARTS) is 1. The quantitative estimate of drug-likeness (QED) is 0.776. The molecule has 0 aromatic heterocycles. The summed E-state index contributed by atoms with van der Waals surface area (Å²) in [6, 6.07) is 13.7. The van der Waals surface area contributed by atoms with Crippen molar-refractivity contribution < 1.29 is 15.0 Å². The summed E-state index contributed by atoms with van der Waals surface area (Å²) in [5.41, 5.74) is 1.53. The number of hydrogen-bond acceptors (Lipinski definition) is 3. The van der Waals surface area contributed by atoms with Crippen LogP contribution in [0.3, 0.4) is 0 Å². The molecule has 2 rings (SSSR count). The molecular formula is C16H17NO3. The number of hydrogen-bond donors (Lipinski definition) is 3. The van der Waals surface area contributed by atoms with Crippen LogP contribution in [0.1, 0.15) is 35.3 Å². The molecule has 0 radical (unpaired) electrons. The molecule has 4 heteroatoms. The van der Waals surface area contributed by atoms with Gasteiger partial charge in [-0.15, -0.1) is 0 Å². The molecule has 1 unspecified atom stereocenters. The minimum absolute atomic E-state index is 0.142. The Kier molecular flexibility index (Phi) is 4.25. The van der Waals surface area contributed by atoms with Gasteiger partial charge in [0, 0.05) is 11.3 Å². The maximum atomic E-state index is 11.2. The van der Waals surface area contributed by atoms with E-state index in [9.17, 15) is 15.0 Å². The summed E-state index contributed by atoms with van der Waals surface area (Å²) in [6.45, 7) is 1.98. The molecule has 0 aliphatic heterocycles. The van der Waals surface area contributed by atoms with E-state index < -0.39 is 5.97 Å². The number of phenolic OH excluding ortho intramolecular Hbond substituents is 1. The zero-order valence-corrected chi connectivity index (χ0v) is 11.2. The van der Waals surface area contributed by atoms with Gasteiger partial charge in [-0.05, 0) is 24.6 Å². The molecule has 0 aliphatic carbocycles. The largest absolute Gasteiger partial charge is 0.508 e. The smallest absolute Gasteiger partial charge is 0.337 e. The standard InChI is InChI=1S/C16H17NO3/c1-2-13(11-7-4-6-10-15(11)18)17-14-9-5-3-8-12(14)16(19)20/h3-10,13,17-18H,2H2,1H3,(H,19,20). The number of carbonyl (C=O) groups is 1. The third-order valence-electron chi connectivity index (χ3n) is 3.21. The van der Waals surface area contributed by atoms with Gasteiger partial charge in [0.1, 0.15) is 5.75 Å². The molecule has 20 heavy (non-hydrogen) atoms. The fourth-order valence-corrected chi connectivity index (χ4v) is 2.17. The lowest BCUT2D eigenvalue weighted by atomic mass is 10.0. The molecule has 3 N–H and O–H groups in total. The van der Waals surface area contributed by atoms with Crippen LogP contribution in [-0.2, 0) is 0 Å². The van der Waals surface area contributed by atoms with Gasteiger partial charge in [0.15, 0.2) is 0 Å². The Morgan fingerprint density at radius 1 is 1.15 bits per heavy atom. The van der Waals surface area contributed by atoms with Gasteiger partial charge in [-0.2, -0.15) is 0 Å². The molecule has 0 fully saturated rings. The van der Waals surface area contributed by atoms with Crippen LogP contribution in [-0.4, -0.2) is 16.2 Å². The summed E-state index contributed by atoms with van der Waals surface area (Å²) in [4.78, 5) is 11.2. The van der Waals surface area contributed by atoms with Crippen LogP contribution in [0.5, 0.6) is 5.75 Å². The maximum absolute atomic E-state index is 11.2. The summed E-state index contributed by atoms with van der Waals surface area (Å²) in [7, 11) is 0. The lowest BCUT2D eigenvalue weighted by Crippen LogP contribution is -2.13. The summed E-state index contributed by atoms with van der Waals surface area (Å²) in [5.74, 6) is -0.764. The normalized spacial score (nSPS) is 11.8. The van der Waals surface area contributed by atoms with E-state index in [0.29, 0.717) is 5.69 Å². The van der Waals surface area contributed by atoms with E-state index in [0.717, 1.165) is 12.0 Å². The number of benzene rings is 2. The van der Waals surface area contributed by atoms with Gasteiger partial charge in [-0.3, -0.25) is 0 Å². The molecule has 0 heterocycles. The minimum Gasteiger partial charge on any atom is -0.508 e. The number of carboxylic acids is 1. The van der Waals surface area contributed by atoms with Gasteiger partial charge in [-0.25, -0.2) is 4.79 Å². The Morgan fingerprint density at radius 3 is 2.45 bits per heavy atom. The second-order valence-electron chi connectivity index (χ2n) is 4.51. The van der Waals surface area contributed by atoms with E-state index in [1.165, 1.54) is 0 Å². The lowest BCUT2D eigenvalue weighted by molar-refractivity contribution is 0.0698. The number of aromatic carboxylic acids is 1. The molecular weight excluding hydrogens is 254 g/mol. The first-order valence-electron chi connectivity index (χ1n) is 6.50. The van der Waals surface area contributed by atoms with Crippen molar-refractivity contribution in [2.24, 2.45) is 0 Å².